The summed E-state index contributed by atoms with van der Waals surface area (Å²) in [5.74, 6) is 1.19. The van der Waals surface area contributed by atoms with Gasteiger partial charge in [-0.25, -0.2) is 4.98 Å². The molecule has 0 unspecified atom stereocenters. The van der Waals surface area contributed by atoms with Crippen molar-refractivity contribution in [3.63, 3.8) is 0 Å². The Bertz CT molecular complexity index is 706. The summed E-state index contributed by atoms with van der Waals surface area (Å²) in [5.41, 5.74) is 0.829. The molecule has 4 heterocycles. The van der Waals surface area contributed by atoms with Crippen molar-refractivity contribution < 1.29 is 8.94 Å². The highest BCUT2D eigenvalue weighted by Gasteiger charge is 2.27. The maximum Gasteiger partial charge on any atom is 0.241 e. The van der Waals surface area contributed by atoms with Gasteiger partial charge in [-0.05, 0) is 25.5 Å². The number of nitrogens with zero attached hydrogens (tertiary/aromatic N) is 6. The monoisotopic (exact) mass is 300 g/mol. The van der Waals surface area contributed by atoms with Crippen LogP contribution in [0, 0.1) is 0 Å². The molecule has 3 aromatic heterocycles. The van der Waals surface area contributed by atoms with Gasteiger partial charge in [-0.15, -0.1) is 0 Å². The van der Waals surface area contributed by atoms with Crippen LogP contribution in [0.3, 0.4) is 0 Å². The van der Waals surface area contributed by atoms with Gasteiger partial charge >= 0.3 is 0 Å². The molecule has 0 bridgehead atoms. The largest absolute Gasteiger partial charge is 0.472 e. The van der Waals surface area contributed by atoms with Crippen LogP contribution in [-0.2, 0) is 13.1 Å². The van der Waals surface area contributed by atoms with Crippen molar-refractivity contribution in [1.29, 1.82) is 0 Å². The van der Waals surface area contributed by atoms with Gasteiger partial charge in [0.05, 0.1) is 24.9 Å². The summed E-state index contributed by atoms with van der Waals surface area (Å²) in [6.45, 7) is 2.52. The molecule has 0 radical (unpaired) electrons. The molecule has 0 N–H and O–H groups in total. The van der Waals surface area contributed by atoms with E-state index in [1.807, 2.05) is 10.7 Å². The Kier molecular flexibility index (Phi) is 3.43. The SMILES string of the molecule is c1ncn(C[C@H]2CCCN2Cc2nc(-c3ccoc3)no2)n1. The first-order valence-electron chi connectivity index (χ1n) is 7.30. The van der Waals surface area contributed by atoms with Gasteiger partial charge in [-0.1, -0.05) is 5.16 Å². The molecule has 22 heavy (non-hydrogen) atoms. The maximum atomic E-state index is 5.35. The van der Waals surface area contributed by atoms with E-state index < -0.39 is 0 Å². The van der Waals surface area contributed by atoms with E-state index in [1.165, 1.54) is 6.42 Å². The second-order valence-electron chi connectivity index (χ2n) is 5.41. The van der Waals surface area contributed by atoms with E-state index in [-0.39, 0.29) is 0 Å². The van der Waals surface area contributed by atoms with E-state index in [0.717, 1.165) is 25.1 Å². The van der Waals surface area contributed by atoms with E-state index in [2.05, 4.69) is 25.1 Å². The highest BCUT2D eigenvalue weighted by molar-refractivity contribution is 5.51. The van der Waals surface area contributed by atoms with Crippen LogP contribution in [0.1, 0.15) is 18.7 Å². The molecule has 0 saturated carbocycles. The van der Waals surface area contributed by atoms with Gasteiger partial charge in [0.1, 0.15) is 18.9 Å². The minimum absolute atomic E-state index is 0.422. The van der Waals surface area contributed by atoms with Gasteiger partial charge in [0.15, 0.2) is 0 Å². The topological polar surface area (TPSA) is 86.0 Å². The van der Waals surface area contributed by atoms with Crippen molar-refractivity contribution in [2.45, 2.75) is 32.0 Å². The fourth-order valence-corrected chi connectivity index (χ4v) is 2.85. The third-order valence-corrected chi connectivity index (χ3v) is 3.95. The number of rotatable bonds is 5. The van der Waals surface area contributed by atoms with E-state index in [9.17, 15) is 0 Å². The smallest absolute Gasteiger partial charge is 0.241 e. The second kappa shape index (κ2) is 5.72. The van der Waals surface area contributed by atoms with Gasteiger partial charge in [0.2, 0.25) is 11.7 Å². The van der Waals surface area contributed by atoms with Crippen LogP contribution in [0.25, 0.3) is 11.4 Å². The van der Waals surface area contributed by atoms with Gasteiger partial charge < -0.3 is 8.94 Å². The number of likely N-dealkylation sites (tertiary alicyclic amines) is 1. The molecular weight excluding hydrogens is 284 g/mol. The molecule has 114 valence electrons. The lowest BCUT2D eigenvalue weighted by Crippen LogP contribution is -2.32. The molecule has 0 aliphatic carbocycles. The quantitative estimate of drug-likeness (QED) is 0.707. The molecule has 1 aliphatic heterocycles. The standard InChI is InChI=1S/C14H16N6O2/c1-2-12(6-20-10-15-9-16-20)19(4-1)7-13-17-14(18-22-13)11-3-5-21-8-11/h3,5,8-10,12H,1-2,4,6-7H2/t12-/m1/s1. The highest BCUT2D eigenvalue weighted by Crippen LogP contribution is 2.22. The number of hydrogen-bond donors (Lipinski definition) is 0. The van der Waals surface area contributed by atoms with Gasteiger partial charge in [0, 0.05) is 6.04 Å². The van der Waals surface area contributed by atoms with Crippen LogP contribution >= 0.6 is 0 Å². The van der Waals surface area contributed by atoms with E-state index in [0.29, 0.717) is 24.3 Å². The van der Waals surface area contributed by atoms with Crippen molar-refractivity contribution in [2.24, 2.45) is 0 Å². The summed E-state index contributed by atoms with van der Waals surface area (Å²) in [6, 6.07) is 2.24. The van der Waals surface area contributed by atoms with E-state index in [4.69, 9.17) is 8.94 Å². The summed E-state index contributed by atoms with van der Waals surface area (Å²) in [4.78, 5) is 10.8. The molecule has 0 spiro atoms. The first-order valence-corrected chi connectivity index (χ1v) is 7.30. The minimum atomic E-state index is 0.422. The molecule has 1 saturated heterocycles. The molecule has 1 aliphatic rings. The lowest BCUT2D eigenvalue weighted by molar-refractivity contribution is 0.192. The van der Waals surface area contributed by atoms with Gasteiger partial charge in [-0.2, -0.15) is 10.1 Å². The van der Waals surface area contributed by atoms with Crippen LogP contribution in [-0.4, -0.2) is 42.4 Å². The lowest BCUT2D eigenvalue weighted by atomic mass is 10.2. The Hall–Kier alpha value is -2.48. The van der Waals surface area contributed by atoms with E-state index in [1.54, 1.807) is 25.2 Å². The minimum Gasteiger partial charge on any atom is -0.472 e. The number of furan rings is 1. The Morgan fingerprint density at radius 3 is 3.18 bits per heavy atom. The zero-order valence-electron chi connectivity index (χ0n) is 12.0. The maximum absolute atomic E-state index is 5.35. The van der Waals surface area contributed by atoms with Gasteiger partial charge in [0.25, 0.3) is 0 Å². The molecule has 4 rings (SSSR count). The Balaban J connectivity index is 1.44. The Morgan fingerprint density at radius 2 is 2.36 bits per heavy atom. The zero-order chi connectivity index (χ0) is 14.8. The van der Waals surface area contributed by atoms with Crippen LogP contribution in [0.5, 0.6) is 0 Å². The van der Waals surface area contributed by atoms with Crippen LogP contribution in [0.4, 0.5) is 0 Å². The number of aromatic nitrogens is 5. The van der Waals surface area contributed by atoms with Crippen LogP contribution < -0.4 is 0 Å². The molecule has 3 aromatic rings. The summed E-state index contributed by atoms with van der Waals surface area (Å²) in [7, 11) is 0. The molecule has 1 atom stereocenters. The van der Waals surface area contributed by atoms with Gasteiger partial charge in [-0.3, -0.25) is 9.58 Å². The Morgan fingerprint density at radius 1 is 1.36 bits per heavy atom. The summed E-state index contributed by atoms with van der Waals surface area (Å²) < 4.78 is 12.3. The average Bonchev–Trinajstić information content (AvgIpc) is 3.28. The normalized spacial score (nSPS) is 19.0. The predicted octanol–water partition coefficient (Wildman–Crippen LogP) is 1.59. The van der Waals surface area contributed by atoms with Crippen molar-refractivity contribution in [2.75, 3.05) is 6.54 Å². The third kappa shape index (κ3) is 2.64. The number of hydrogen-bond acceptors (Lipinski definition) is 7. The summed E-state index contributed by atoms with van der Waals surface area (Å²) >= 11 is 0. The van der Waals surface area contributed by atoms with E-state index >= 15 is 0 Å². The van der Waals surface area contributed by atoms with Crippen molar-refractivity contribution >= 4 is 0 Å². The zero-order valence-corrected chi connectivity index (χ0v) is 12.0. The van der Waals surface area contributed by atoms with Crippen molar-refractivity contribution in [3.8, 4) is 11.4 Å². The summed E-state index contributed by atoms with van der Waals surface area (Å²) in [6.07, 6.45) is 8.83. The van der Waals surface area contributed by atoms with Crippen LogP contribution in [0.15, 0.2) is 40.2 Å². The highest BCUT2D eigenvalue weighted by atomic mass is 16.5. The average molecular weight is 300 g/mol. The van der Waals surface area contributed by atoms with Crippen LogP contribution in [0.2, 0.25) is 0 Å². The lowest BCUT2D eigenvalue weighted by Gasteiger charge is -2.22. The third-order valence-electron chi connectivity index (χ3n) is 3.95. The molecule has 1 fully saturated rings. The molecule has 0 aromatic carbocycles. The molecule has 8 heteroatoms. The van der Waals surface area contributed by atoms with Crippen molar-refractivity contribution in [3.05, 3.63) is 37.1 Å². The Labute approximate surface area is 126 Å². The fraction of sp³-hybridized carbons (Fsp3) is 0.429. The van der Waals surface area contributed by atoms with Crippen molar-refractivity contribution in [1.82, 2.24) is 29.8 Å². The molecular formula is C14H16N6O2. The second-order valence-corrected chi connectivity index (χ2v) is 5.41. The molecule has 8 nitrogen and oxygen atoms in total. The first-order chi connectivity index (χ1) is 10.9. The summed E-state index contributed by atoms with van der Waals surface area (Å²) in [5, 5.41) is 8.18. The first kappa shape index (κ1) is 13.2. The predicted molar refractivity (Wildman–Crippen MR) is 75.5 cm³/mol. The molecule has 0 amide bonds. The fourth-order valence-electron chi connectivity index (χ4n) is 2.85.